The predicted octanol–water partition coefficient (Wildman–Crippen LogP) is 5.32. The average molecular weight is 420 g/mol. The molecule has 0 bridgehead atoms. The zero-order valence-corrected chi connectivity index (χ0v) is 17.1. The molecule has 0 unspecified atom stereocenters. The van der Waals surface area contributed by atoms with Crippen LogP contribution in [0.15, 0.2) is 72.9 Å². The first-order valence-corrected chi connectivity index (χ1v) is 9.87. The van der Waals surface area contributed by atoms with E-state index in [0.29, 0.717) is 22.9 Å². The summed E-state index contributed by atoms with van der Waals surface area (Å²) >= 11 is 6.25. The van der Waals surface area contributed by atoms with Crippen LogP contribution in [-0.4, -0.2) is 15.4 Å². The Kier molecular flexibility index (Phi) is 5.39. The summed E-state index contributed by atoms with van der Waals surface area (Å²) < 4.78 is 0. The van der Waals surface area contributed by atoms with Crippen molar-refractivity contribution in [2.24, 2.45) is 0 Å². The van der Waals surface area contributed by atoms with Crippen LogP contribution in [0.25, 0.3) is 10.8 Å². The number of benzene rings is 3. The van der Waals surface area contributed by atoms with Crippen LogP contribution >= 0.6 is 20.5 Å². The van der Waals surface area contributed by atoms with E-state index < -0.39 is 0 Å². The highest BCUT2D eigenvalue weighted by Crippen LogP contribution is 2.45. The van der Waals surface area contributed by atoms with Crippen LogP contribution in [0.3, 0.4) is 0 Å². The Balaban J connectivity index is 1.59. The number of rotatable bonds is 5. The average Bonchev–Trinajstić information content (AvgIpc) is 2.76. The molecule has 0 saturated heterocycles. The van der Waals surface area contributed by atoms with E-state index in [1.165, 1.54) is 0 Å². The molecule has 0 amide bonds. The van der Waals surface area contributed by atoms with E-state index >= 15 is 0 Å². The quantitative estimate of drug-likeness (QED) is 0.339. The summed E-state index contributed by atoms with van der Waals surface area (Å²) in [5, 5.41) is 28.0. The Hall–Kier alpha value is -3.07. The Bertz CT molecular complexity index is 1200. The van der Waals surface area contributed by atoms with E-state index in [1.54, 1.807) is 30.5 Å². The zero-order valence-electron chi connectivity index (χ0n) is 15.3. The van der Waals surface area contributed by atoms with E-state index in [-0.39, 0.29) is 22.2 Å². The van der Waals surface area contributed by atoms with Gasteiger partial charge in [-0.25, -0.2) is 0 Å². The van der Waals surface area contributed by atoms with E-state index in [4.69, 9.17) is 11.6 Å². The second-order valence-electron chi connectivity index (χ2n) is 6.59. The van der Waals surface area contributed by atoms with Gasteiger partial charge in [0.2, 0.25) is 0 Å². The van der Waals surface area contributed by atoms with Gasteiger partial charge in [-0.2, -0.15) is 0 Å². The summed E-state index contributed by atoms with van der Waals surface area (Å²) in [7, 11) is 3.69. The van der Waals surface area contributed by atoms with Gasteiger partial charge in [-0.05, 0) is 40.5 Å². The first-order chi connectivity index (χ1) is 14.0. The Morgan fingerprint density at radius 1 is 1.00 bits per heavy atom. The van der Waals surface area contributed by atoms with Crippen LogP contribution in [0.4, 0.5) is 11.4 Å². The van der Waals surface area contributed by atoms with Gasteiger partial charge >= 0.3 is 0 Å². The van der Waals surface area contributed by atoms with Gasteiger partial charge in [-0.3, -0.25) is 4.98 Å². The fourth-order valence-corrected chi connectivity index (χ4v) is 3.74. The van der Waals surface area contributed by atoms with E-state index in [9.17, 15) is 10.2 Å². The molecule has 2 N–H and O–H groups in total. The number of aromatic hydroxyl groups is 1. The van der Waals surface area contributed by atoms with Crippen molar-refractivity contribution in [1.29, 1.82) is 0 Å². The van der Waals surface area contributed by atoms with Crippen LogP contribution in [0.1, 0.15) is 11.3 Å². The van der Waals surface area contributed by atoms with Crippen molar-refractivity contribution in [3.05, 3.63) is 89.2 Å². The summed E-state index contributed by atoms with van der Waals surface area (Å²) in [6.45, 7) is 0. The number of fused-ring (bicyclic) bond motifs is 1. The zero-order chi connectivity index (χ0) is 20.4. The fraction of sp³-hybridized carbons (Fsp3) is 0.0435. The third-order valence-corrected chi connectivity index (χ3v) is 5.50. The number of hydrogen-bond acceptors (Lipinski definition) is 4. The Labute approximate surface area is 175 Å². The Morgan fingerprint density at radius 2 is 1.69 bits per heavy atom. The molecule has 0 spiro atoms. The molecule has 4 nitrogen and oxygen atoms in total. The maximum atomic E-state index is 12.5. The van der Waals surface area contributed by atoms with Crippen LogP contribution in [0.5, 0.6) is 11.5 Å². The van der Waals surface area contributed by atoms with Crippen molar-refractivity contribution in [2.75, 3.05) is 5.32 Å². The van der Waals surface area contributed by atoms with Crippen LogP contribution in [0, 0.1) is 0 Å². The van der Waals surface area contributed by atoms with Crippen molar-refractivity contribution >= 4 is 47.9 Å². The van der Waals surface area contributed by atoms with Crippen LogP contribution < -0.4 is 10.4 Å². The topological polar surface area (TPSA) is 68.2 Å². The number of pyridine rings is 1. The third kappa shape index (κ3) is 3.91. The lowest BCUT2D eigenvalue weighted by molar-refractivity contribution is -0.265. The third-order valence-electron chi connectivity index (χ3n) is 4.67. The lowest BCUT2D eigenvalue weighted by atomic mass is 10.1. The van der Waals surface area contributed by atoms with Gasteiger partial charge in [0.25, 0.3) is 0 Å². The highest BCUT2D eigenvalue weighted by atomic mass is 35.5. The molecule has 4 rings (SSSR count). The smallest absolute Gasteiger partial charge is 0.148 e. The van der Waals surface area contributed by atoms with Gasteiger partial charge in [0.05, 0.1) is 10.7 Å². The van der Waals surface area contributed by atoms with Crippen molar-refractivity contribution in [3.63, 3.8) is 0 Å². The molecule has 0 aliphatic rings. The molecule has 29 heavy (non-hydrogen) atoms. The van der Waals surface area contributed by atoms with Gasteiger partial charge in [-0.15, -0.1) is 8.86 Å². The van der Waals surface area contributed by atoms with Gasteiger partial charge in [0, 0.05) is 29.4 Å². The molecular weight excluding hydrogens is 403 g/mol. The minimum atomic E-state index is -0.315. The molecule has 0 atom stereocenters. The summed E-state index contributed by atoms with van der Waals surface area (Å²) in [5.74, 6) is -0.359. The number of aromatic nitrogens is 1. The second kappa shape index (κ2) is 8.12. The highest BCUT2D eigenvalue weighted by molar-refractivity contribution is 7.22. The summed E-state index contributed by atoms with van der Waals surface area (Å²) in [4.78, 5) is 4.33. The van der Waals surface area contributed by atoms with Crippen molar-refractivity contribution in [1.82, 2.24) is 4.98 Å². The maximum Gasteiger partial charge on any atom is 0.148 e. The molecule has 3 aromatic carbocycles. The van der Waals surface area contributed by atoms with Crippen molar-refractivity contribution in [3.8, 4) is 11.5 Å². The van der Waals surface area contributed by atoms with Crippen molar-refractivity contribution < 1.29 is 10.2 Å². The largest absolute Gasteiger partial charge is 0.871 e. The maximum absolute atomic E-state index is 12.5. The van der Waals surface area contributed by atoms with Gasteiger partial charge in [-0.1, -0.05) is 59.8 Å². The molecule has 0 fully saturated rings. The first kappa shape index (κ1) is 19.3. The molecule has 144 valence electrons. The van der Waals surface area contributed by atoms with Crippen LogP contribution in [-0.2, 0) is 6.42 Å². The number of anilines is 2. The fourth-order valence-electron chi connectivity index (χ4n) is 3.16. The number of hydrogen-bond donors (Lipinski definition) is 2. The Morgan fingerprint density at radius 3 is 2.38 bits per heavy atom. The molecule has 4 aromatic rings. The van der Waals surface area contributed by atoms with Gasteiger partial charge in [0.15, 0.2) is 0 Å². The minimum absolute atomic E-state index is 0.0344. The van der Waals surface area contributed by atoms with E-state index in [0.717, 1.165) is 16.6 Å². The summed E-state index contributed by atoms with van der Waals surface area (Å²) in [6, 6.07) is 20.3. The summed E-state index contributed by atoms with van der Waals surface area (Å²) in [6.07, 6.45) is 2.45. The van der Waals surface area contributed by atoms with Crippen LogP contribution in [0.2, 0.25) is 5.02 Å². The van der Waals surface area contributed by atoms with E-state index in [2.05, 4.69) is 19.2 Å². The molecule has 0 aliphatic heterocycles. The molecule has 0 radical (unpaired) electrons. The van der Waals surface area contributed by atoms with E-state index in [1.807, 2.05) is 42.5 Å². The normalized spacial score (nSPS) is 10.8. The first-order valence-electron chi connectivity index (χ1n) is 8.99. The minimum Gasteiger partial charge on any atom is -0.871 e. The predicted molar refractivity (Wildman–Crippen MR) is 120 cm³/mol. The lowest BCUT2D eigenvalue weighted by Gasteiger charge is -2.20. The number of nitrogens with one attached hydrogen (secondary N) is 1. The molecule has 1 heterocycles. The number of nitrogens with zero attached hydrogens (tertiary/aromatic N) is 1. The van der Waals surface area contributed by atoms with Gasteiger partial charge in [0.1, 0.15) is 5.75 Å². The second-order valence-corrected chi connectivity index (χ2v) is 7.57. The standard InChI is InChI=1S/C23H18ClN2O2P/c24-20-21(23(28)18-7-2-1-6-17(18)22(20)27)26-15-10-8-14(9-11-15)19(29)13-16-5-3-4-12-25-16/h1-12,26-29H,13H2/p-1. The number of phenols is 1. The lowest BCUT2D eigenvalue weighted by Crippen LogP contribution is -2.03. The number of phenolic OH excluding ortho intramolecular Hbond substituents is 1. The SMILES string of the molecule is [O-]c1c(Cl)c(Nc2ccc(C(=P)Cc3ccccn3)cc2)c(O)c2ccccc12. The van der Waals surface area contributed by atoms with Gasteiger partial charge < -0.3 is 15.5 Å². The van der Waals surface area contributed by atoms with Crippen molar-refractivity contribution in [2.45, 2.75) is 6.42 Å². The monoisotopic (exact) mass is 419 g/mol. The molecule has 0 saturated carbocycles. The molecule has 1 aromatic heterocycles. The molecular formula is C23H17ClN2O2P-. The molecule has 0 aliphatic carbocycles. The highest BCUT2D eigenvalue weighted by Gasteiger charge is 2.13. The molecule has 6 heteroatoms. The summed E-state index contributed by atoms with van der Waals surface area (Å²) in [5.41, 5.74) is 2.89. The number of halogens is 1.